The third-order valence-corrected chi connectivity index (χ3v) is 2.94. The van der Waals surface area contributed by atoms with E-state index >= 15 is 0 Å². The molecule has 0 saturated heterocycles. The van der Waals surface area contributed by atoms with E-state index in [4.69, 9.17) is 9.84 Å². The number of hydrogen-bond donors (Lipinski definition) is 3. The Bertz CT molecular complexity index is 283. The fraction of sp³-hybridized carbons (Fsp3) is 0.833. The van der Waals surface area contributed by atoms with Crippen LogP contribution in [0.25, 0.3) is 0 Å². The summed E-state index contributed by atoms with van der Waals surface area (Å²) in [6.07, 6.45) is 0.399. The van der Waals surface area contributed by atoms with Crippen molar-refractivity contribution in [2.24, 2.45) is 5.41 Å². The first-order chi connectivity index (χ1) is 8.35. The van der Waals surface area contributed by atoms with Crippen LogP contribution in [0.1, 0.15) is 34.1 Å². The Balaban J connectivity index is 3.99. The second-order valence-corrected chi connectivity index (χ2v) is 4.55. The minimum absolute atomic E-state index is 0.0576. The number of amides is 2. The molecule has 3 N–H and O–H groups in total. The van der Waals surface area contributed by atoms with Crippen LogP contribution in [0.5, 0.6) is 0 Å². The van der Waals surface area contributed by atoms with Crippen LogP contribution in [0, 0.1) is 5.41 Å². The van der Waals surface area contributed by atoms with Crippen molar-refractivity contribution >= 4 is 12.0 Å². The fourth-order valence-electron chi connectivity index (χ4n) is 1.27. The SMILES string of the molecule is CCOC(C)CNC(=O)NCC(C)(CC)C(=O)O. The molecule has 6 nitrogen and oxygen atoms in total. The highest BCUT2D eigenvalue weighted by Gasteiger charge is 2.31. The largest absolute Gasteiger partial charge is 0.481 e. The smallest absolute Gasteiger partial charge is 0.314 e. The van der Waals surface area contributed by atoms with Gasteiger partial charge in [0, 0.05) is 19.7 Å². The highest BCUT2D eigenvalue weighted by molar-refractivity contribution is 5.77. The minimum Gasteiger partial charge on any atom is -0.481 e. The molecule has 2 unspecified atom stereocenters. The van der Waals surface area contributed by atoms with Gasteiger partial charge in [-0.25, -0.2) is 4.79 Å². The van der Waals surface area contributed by atoms with Gasteiger partial charge in [0.15, 0.2) is 0 Å². The Labute approximate surface area is 108 Å². The summed E-state index contributed by atoms with van der Waals surface area (Å²) in [6.45, 7) is 8.23. The van der Waals surface area contributed by atoms with Crippen molar-refractivity contribution in [2.45, 2.75) is 40.2 Å². The van der Waals surface area contributed by atoms with Crippen molar-refractivity contribution in [1.82, 2.24) is 10.6 Å². The third-order valence-electron chi connectivity index (χ3n) is 2.94. The summed E-state index contributed by atoms with van der Waals surface area (Å²) in [5.41, 5.74) is -0.928. The first-order valence-electron chi connectivity index (χ1n) is 6.22. The van der Waals surface area contributed by atoms with Crippen molar-refractivity contribution in [3.8, 4) is 0 Å². The predicted octanol–water partition coefficient (Wildman–Crippen LogP) is 1.21. The summed E-state index contributed by atoms with van der Waals surface area (Å²) >= 11 is 0. The van der Waals surface area contributed by atoms with Crippen molar-refractivity contribution < 1.29 is 19.4 Å². The van der Waals surface area contributed by atoms with Crippen LogP contribution in [0.3, 0.4) is 0 Å². The number of rotatable bonds is 8. The standard InChI is InChI=1S/C12H24N2O4/c1-5-12(4,10(15)16)8-14-11(17)13-7-9(3)18-6-2/h9H,5-8H2,1-4H3,(H,15,16)(H2,13,14,17). The lowest BCUT2D eigenvalue weighted by atomic mass is 9.88. The van der Waals surface area contributed by atoms with Crippen molar-refractivity contribution in [2.75, 3.05) is 19.7 Å². The van der Waals surface area contributed by atoms with Gasteiger partial charge in [0.05, 0.1) is 11.5 Å². The molecule has 0 bridgehead atoms. The van der Waals surface area contributed by atoms with Crippen molar-refractivity contribution in [3.63, 3.8) is 0 Å². The lowest BCUT2D eigenvalue weighted by Crippen LogP contribution is -2.46. The van der Waals surface area contributed by atoms with E-state index < -0.39 is 11.4 Å². The molecule has 0 aromatic heterocycles. The molecule has 106 valence electrons. The molecule has 0 radical (unpaired) electrons. The van der Waals surface area contributed by atoms with Crippen LogP contribution in [0.2, 0.25) is 0 Å². The Morgan fingerprint density at radius 3 is 2.39 bits per heavy atom. The van der Waals surface area contributed by atoms with E-state index in [9.17, 15) is 9.59 Å². The average Bonchev–Trinajstić information content (AvgIpc) is 2.33. The Morgan fingerprint density at radius 2 is 1.94 bits per heavy atom. The molecule has 0 spiro atoms. The summed E-state index contributed by atoms with van der Waals surface area (Å²) < 4.78 is 5.26. The second-order valence-electron chi connectivity index (χ2n) is 4.55. The van der Waals surface area contributed by atoms with Gasteiger partial charge in [-0.1, -0.05) is 6.92 Å². The molecule has 6 heteroatoms. The van der Waals surface area contributed by atoms with Gasteiger partial charge in [-0.05, 0) is 27.2 Å². The maximum absolute atomic E-state index is 11.5. The van der Waals surface area contributed by atoms with Crippen LogP contribution in [-0.4, -0.2) is 42.9 Å². The molecule has 0 fully saturated rings. The maximum atomic E-state index is 11.5. The number of nitrogens with one attached hydrogen (secondary N) is 2. The number of hydrogen-bond acceptors (Lipinski definition) is 3. The number of ether oxygens (including phenoxy) is 1. The zero-order valence-electron chi connectivity index (χ0n) is 11.6. The number of carbonyl (C=O) groups is 2. The molecule has 0 saturated carbocycles. The van der Waals surface area contributed by atoms with E-state index in [0.717, 1.165) is 0 Å². The summed E-state index contributed by atoms with van der Waals surface area (Å²) in [7, 11) is 0. The molecule has 0 rings (SSSR count). The van der Waals surface area contributed by atoms with Gasteiger partial charge in [-0.3, -0.25) is 4.79 Å². The molecular weight excluding hydrogens is 236 g/mol. The van der Waals surface area contributed by atoms with Gasteiger partial charge < -0.3 is 20.5 Å². The maximum Gasteiger partial charge on any atom is 0.314 e. The first-order valence-corrected chi connectivity index (χ1v) is 6.22. The highest BCUT2D eigenvalue weighted by Crippen LogP contribution is 2.19. The van der Waals surface area contributed by atoms with E-state index in [1.807, 2.05) is 13.8 Å². The van der Waals surface area contributed by atoms with E-state index in [1.165, 1.54) is 0 Å². The normalized spacial score (nSPS) is 15.6. The lowest BCUT2D eigenvalue weighted by Gasteiger charge is -2.23. The van der Waals surface area contributed by atoms with E-state index in [-0.39, 0.29) is 18.7 Å². The van der Waals surface area contributed by atoms with Gasteiger partial charge in [0.25, 0.3) is 0 Å². The second kappa shape index (κ2) is 7.92. The summed E-state index contributed by atoms with van der Waals surface area (Å²) in [5.74, 6) is -0.909. The molecular formula is C12H24N2O4. The monoisotopic (exact) mass is 260 g/mol. The van der Waals surface area contributed by atoms with Gasteiger partial charge in [-0.2, -0.15) is 0 Å². The Morgan fingerprint density at radius 1 is 1.33 bits per heavy atom. The number of carboxylic acids is 1. The first kappa shape index (κ1) is 16.7. The highest BCUT2D eigenvalue weighted by atomic mass is 16.5. The van der Waals surface area contributed by atoms with E-state index in [1.54, 1.807) is 13.8 Å². The predicted molar refractivity (Wildman–Crippen MR) is 68.5 cm³/mol. The molecule has 0 aliphatic rings. The Kier molecular flexibility index (Phi) is 7.35. The van der Waals surface area contributed by atoms with E-state index in [0.29, 0.717) is 19.6 Å². The van der Waals surface area contributed by atoms with Crippen molar-refractivity contribution in [1.29, 1.82) is 0 Å². The van der Waals surface area contributed by atoms with Crippen LogP contribution in [-0.2, 0) is 9.53 Å². The molecule has 0 aromatic carbocycles. The molecule has 2 amide bonds. The molecule has 0 aromatic rings. The van der Waals surface area contributed by atoms with Crippen LogP contribution in [0.4, 0.5) is 4.79 Å². The number of aliphatic carboxylic acids is 1. The quantitative estimate of drug-likeness (QED) is 0.612. The molecule has 0 heterocycles. The number of urea groups is 1. The summed E-state index contributed by atoms with van der Waals surface area (Å²) in [6, 6.07) is -0.373. The van der Waals surface area contributed by atoms with Gasteiger partial charge in [-0.15, -0.1) is 0 Å². The summed E-state index contributed by atoms with van der Waals surface area (Å²) in [4.78, 5) is 22.5. The van der Waals surface area contributed by atoms with Gasteiger partial charge >= 0.3 is 12.0 Å². The molecule has 2 atom stereocenters. The van der Waals surface area contributed by atoms with Crippen LogP contribution >= 0.6 is 0 Å². The lowest BCUT2D eigenvalue weighted by molar-refractivity contribution is -0.147. The summed E-state index contributed by atoms with van der Waals surface area (Å²) in [5, 5.41) is 14.2. The van der Waals surface area contributed by atoms with Crippen LogP contribution < -0.4 is 10.6 Å². The van der Waals surface area contributed by atoms with Crippen molar-refractivity contribution in [3.05, 3.63) is 0 Å². The third kappa shape index (κ3) is 5.86. The fourth-order valence-corrected chi connectivity index (χ4v) is 1.27. The number of carbonyl (C=O) groups excluding carboxylic acids is 1. The van der Waals surface area contributed by atoms with E-state index in [2.05, 4.69) is 10.6 Å². The van der Waals surface area contributed by atoms with Gasteiger partial charge in [0.2, 0.25) is 0 Å². The van der Waals surface area contributed by atoms with Crippen LogP contribution in [0.15, 0.2) is 0 Å². The topological polar surface area (TPSA) is 87.7 Å². The average molecular weight is 260 g/mol. The zero-order valence-corrected chi connectivity index (χ0v) is 11.6. The molecule has 0 aliphatic carbocycles. The van der Waals surface area contributed by atoms with Gasteiger partial charge in [0.1, 0.15) is 0 Å². The Hall–Kier alpha value is -1.30. The molecule has 18 heavy (non-hydrogen) atoms. The number of carboxylic acid groups (broad SMARTS) is 1. The zero-order chi connectivity index (χ0) is 14.2. The molecule has 0 aliphatic heterocycles. The minimum atomic E-state index is -0.928.